The largest absolute Gasteiger partial charge is 0.309 e. The molecule has 0 saturated heterocycles. The van der Waals surface area contributed by atoms with Crippen LogP contribution in [0.2, 0.25) is 0 Å². The first-order valence-corrected chi connectivity index (χ1v) is 8.80. The molecule has 1 N–H and O–H groups in total. The van der Waals surface area contributed by atoms with Crippen LogP contribution in [0.15, 0.2) is 47.4 Å². The maximum Gasteiger partial charge on any atom is 0.0968 e. The van der Waals surface area contributed by atoms with Crippen LogP contribution in [0, 0.1) is 11.3 Å². The van der Waals surface area contributed by atoms with E-state index < -0.39 is 0 Å². The molecule has 2 heteroatoms. The van der Waals surface area contributed by atoms with Crippen molar-refractivity contribution >= 4 is 6.21 Å². The summed E-state index contributed by atoms with van der Waals surface area (Å²) in [7, 11) is 0. The summed E-state index contributed by atoms with van der Waals surface area (Å²) in [6, 6.07) is 0. The first kappa shape index (κ1) is 29.6. The molecule has 0 aromatic heterocycles. The van der Waals surface area contributed by atoms with Gasteiger partial charge in [-0.05, 0) is 45.3 Å². The zero-order valence-electron chi connectivity index (χ0n) is 17.1. The molecule has 0 fully saturated rings. The Morgan fingerprint density at radius 3 is 1.83 bits per heavy atom. The third-order valence-corrected chi connectivity index (χ3v) is 2.50. The molecular weight excluding hydrogens is 285 g/mol. The third kappa shape index (κ3) is 25.8. The van der Waals surface area contributed by atoms with Crippen LogP contribution in [-0.2, 0) is 0 Å². The summed E-state index contributed by atoms with van der Waals surface area (Å²) in [5.74, 6) is 0.157. The minimum atomic E-state index is -0.180. The zero-order valence-corrected chi connectivity index (χ0v) is 17.1. The fraction of sp³-hybridized carbons (Fsp3) is 0.571. The number of halogens is 1. The average Bonchev–Trinajstić information content (AvgIpc) is 2.57. The van der Waals surface area contributed by atoms with E-state index in [4.69, 9.17) is 5.41 Å². The molecule has 0 aliphatic rings. The van der Waals surface area contributed by atoms with Gasteiger partial charge in [-0.15, -0.1) is 0 Å². The molecular formula is C21H40FN. The second-order valence-electron chi connectivity index (χ2n) is 4.26. The smallest absolute Gasteiger partial charge is 0.0968 e. The molecule has 1 nitrogen and oxygen atoms in total. The Kier molecular flexibility index (Phi) is 32.8. The lowest BCUT2D eigenvalue weighted by molar-refractivity contribution is 0.640. The van der Waals surface area contributed by atoms with Crippen molar-refractivity contribution < 1.29 is 4.39 Å². The summed E-state index contributed by atoms with van der Waals surface area (Å²) in [6.07, 6.45) is 11.2. The molecule has 0 saturated carbocycles. The summed E-state index contributed by atoms with van der Waals surface area (Å²) in [4.78, 5) is 0. The van der Waals surface area contributed by atoms with Gasteiger partial charge in [-0.25, -0.2) is 4.39 Å². The van der Waals surface area contributed by atoms with E-state index in [1.54, 1.807) is 12.2 Å². The highest BCUT2D eigenvalue weighted by atomic mass is 19.1. The quantitative estimate of drug-likeness (QED) is 0.290. The summed E-state index contributed by atoms with van der Waals surface area (Å²) < 4.78 is 12.4. The van der Waals surface area contributed by atoms with E-state index in [2.05, 4.69) is 19.9 Å². The monoisotopic (exact) mass is 325 g/mol. The van der Waals surface area contributed by atoms with Crippen molar-refractivity contribution in [1.29, 1.82) is 5.41 Å². The Hall–Kier alpha value is -1.44. The van der Waals surface area contributed by atoms with Gasteiger partial charge in [0.25, 0.3) is 0 Å². The summed E-state index contributed by atoms with van der Waals surface area (Å²) >= 11 is 0. The van der Waals surface area contributed by atoms with Crippen molar-refractivity contribution in [3.63, 3.8) is 0 Å². The molecule has 0 bridgehead atoms. The predicted octanol–water partition coefficient (Wildman–Crippen LogP) is 8.06. The van der Waals surface area contributed by atoms with Gasteiger partial charge in [0.05, 0.1) is 5.83 Å². The highest BCUT2D eigenvalue weighted by molar-refractivity contribution is 5.68. The zero-order chi connectivity index (χ0) is 19.3. The molecule has 1 unspecified atom stereocenters. The number of rotatable bonds is 6. The molecule has 0 rings (SSSR count). The number of hydrogen-bond acceptors (Lipinski definition) is 1. The molecule has 23 heavy (non-hydrogen) atoms. The molecule has 0 heterocycles. The topological polar surface area (TPSA) is 23.9 Å². The van der Waals surface area contributed by atoms with Crippen LogP contribution in [0.1, 0.15) is 75.7 Å². The van der Waals surface area contributed by atoms with Crippen molar-refractivity contribution in [2.75, 3.05) is 0 Å². The Morgan fingerprint density at radius 1 is 0.957 bits per heavy atom. The molecule has 0 aromatic rings. The molecule has 0 amide bonds. The standard InChI is InChI=1S/C15H22FN.3C2H6/c1-12(7-5-6-8-15(4)16)11-14(3)13(2)9-10-17;3*1-2/h5-6,8-11,14,17H,7H2,1-4H3;3*1-2H3/b6-5+,12-11+,13-9+,15-8+,17-10?;;;. The third-order valence-electron chi connectivity index (χ3n) is 2.50. The van der Waals surface area contributed by atoms with Crippen molar-refractivity contribution in [2.24, 2.45) is 5.92 Å². The molecule has 0 spiro atoms. The van der Waals surface area contributed by atoms with Crippen LogP contribution in [0.5, 0.6) is 0 Å². The van der Waals surface area contributed by atoms with Gasteiger partial charge in [-0.1, -0.05) is 77.8 Å². The van der Waals surface area contributed by atoms with Gasteiger partial charge in [0, 0.05) is 6.21 Å². The van der Waals surface area contributed by atoms with E-state index in [0.29, 0.717) is 5.92 Å². The maximum atomic E-state index is 12.4. The second kappa shape index (κ2) is 25.5. The normalized spacial score (nSPS) is 12.9. The summed E-state index contributed by atoms with van der Waals surface area (Å²) in [6.45, 7) is 19.6. The lowest BCUT2D eigenvalue weighted by atomic mass is 9.99. The highest BCUT2D eigenvalue weighted by Crippen LogP contribution is 2.14. The molecule has 0 aliphatic heterocycles. The Bertz CT molecular complexity index is 356. The van der Waals surface area contributed by atoms with Crippen molar-refractivity contribution in [1.82, 2.24) is 0 Å². The molecule has 0 radical (unpaired) electrons. The van der Waals surface area contributed by atoms with Crippen LogP contribution in [-0.4, -0.2) is 6.21 Å². The number of hydrogen-bond donors (Lipinski definition) is 1. The SMILES string of the molecule is C/C(F)=C\C=C\C/C(C)=C/C(C)/C(C)=C/C=N.CC.CC.CC. The van der Waals surface area contributed by atoms with E-state index in [1.807, 2.05) is 54.5 Å². The number of allylic oxidation sites excluding steroid dienone is 8. The Morgan fingerprint density at radius 2 is 1.43 bits per heavy atom. The number of nitrogens with one attached hydrogen (secondary N) is 1. The fourth-order valence-corrected chi connectivity index (χ4v) is 1.36. The summed E-state index contributed by atoms with van der Waals surface area (Å²) in [5, 5.41) is 7.01. The fourth-order valence-electron chi connectivity index (χ4n) is 1.36. The van der Waals surface area contributed by atoms with E-state index in [9.17, 15) is 4.39 Å². The lowest BCUT2D eigenvalue weighted by Gasteiger charge is -2.07. The van der Waals surface area contributed by atoms with Gasteiger partial charge in [-0.3, -0.25) is 0 Å². The molecule has 0 aromatic carbocycles. The van der Waals surface area contributed by atoms with Gasteiger partial charge < -0.3 is 5.41 Å². The first-order valence-electron chi connectivity index (χ1n) is 8.80. The van der Waals surface area contributed by atoms with E-state index >= 15 is 0 Å². The average molecular weight is 326 g/mol. The minimum Gasteiger partial charge on any atom is -0.309 e. The van der Waals surface area contributed by atoms with Gasteiger partial charge in [0.15, 0.2) is 0 Å². The van der Waals surface area contributed by atoms with E-state index in [-0.39, 0.29) is 5.83 Å². The van der Waals surface area contributed by atoms with E-state index in [1.165, 1.54) is 30.4 Å². The van der Waals surface area contributed by atoms with Crippen molar-refractivity contribution in [3.05, 3.63) is 47.4 Å². The predicted molar refractivity (Wildman–Crippen MR) is 108 cm³/mol. The second-order valence-corrected chi connectivity index (χ2v) is 4.26. The lowest BCUT2D eigenvalue weighted by Crippen LogP contribution is -1.93. The van der Waals surface area contributed by atoms with Crippen LogP contribution >= 0.6 is 0 Å². The minimum absolute atomic E-state index is 0.180. The van der Waals surface area contributed by atoms with Gasteiger partial charge in [0.2, 0.25) is 0 Å². The molecule has 0 aliphatic carbocycles. The highest BCUT2D eigenvalue weighted by Gasteiger charge is 1.99. The Balaban J connectivity index is -0.000000267. The van der Waals surface area contributed by atoms with Crippen LogP contribution in [0.3, 0.4) is 0 Å². The first-order chi connectivity index (χ1) is 11.0. The Labute approximate surface area is 145 Å². The van der Waals surface area contributed by atoms with Gasteiger partial charge in [0.1, 0.15) is 0 Å². The molecule has 1 atom stereocenters. The summed E-state index contributed by atoms with van der Waals surface area (Å²) in [5.41, 5.74) is 2.42. The van der Waals surface area contributed by atoms with Crippen molar-refractivity contribution in [3.8, 4) is 0 Å². The molecule has 136 valence electrons. The van der Waals surface area contributed by atoms with Crippen molar-refractivity contribution in [2.45, 2.75) is 75.7 Å². The van der Waals surface area contributed by atoms with Crippen LogP contribution in [0.4, 0.5) is 4.39 Å². The van der Waals surface area contributed by atoms with Gasteiger partial charge >= 0.3 is 0 Å². The van der Waals surface area contributed by atoms with Crippen LogP contribution in [0.25, 0.3) is 0 Å². The maximum absolute atomic E-state index is 12.4. The van der Waals surface area contributed by atoms with Gasteiger partial charge in [-0.2, -0.15) is 0 Å². The van der Waals surface area contributed by atoms with E-state index in [0.717, 1.165) is 6.42 Å². The van der Waals surface area contributed by atoms with Crippen LogP contribution < -0.4 is 0 Å².